The fraction of sp³-hybridized carbons (Fsp3) is 0.286. The molecule has 0 aliphatic carbocycles. The summed E-state index contributed by atoms with van der Waals surface area (Å²) in [4.78, 5) is 35.8. The molecule has 0 bridgehead atoms. The van der Waals surface area contributed by atoms with Gasteiger partial charge in [-0.2, -0.15) is 0 Å². The molecule has 1 fully saturated rings. The van der Waals surface area contributed by atoms with Crippen molar-refractivity contribution in [3.63, 3.8) is 0 Å². The number of aromatic nitrogens is 1. The Labute approximate surface area is 270 Å². The third-order valence-corrected chi connectivity index (χ3v) is 8.97. The molecule has 0 N–H and O–H groups in total. The highest BCUT2D eigenvalue weighted by Crippen LogP contribution is 2.40. The topological polar surface area (TPSA) is 101 Å². The summed E-state index contributed by atoms with van der Waals surface area (Å²) in [5, 5.41) is 0. The molecule has 10 nitrogen and oxygen atoms in total. The van der Waals surface area contributed by atoms with Crippen molar-refractivity contribution in [2.24, 2.45) is 4.99 Å². The fourth-order valence-corrected chi connectivity index (χ4v) is 6.75. The van der Waals surface area contributed by atoms with Crippen molar-refractivity contribution in [2.75, 3.05) is 59.1 Å². The monoisotopic (exact) mass is 641 g/mol. The van der Waals surface area contributed by atoms with E-state index in [0.29, 0.717) is 51.1 Å². The predicted molar refractivity (Wildman–Crippen MR) is 177 cm³/mol. The van der Waals surface area contributed by atoms with E-state index in [9.17, 15) is 9.59 Å². The lowest BCUT2D eigenvalue weighted by atomic mass is 9.92. The number of benzene rings is 3. The summed E-state index contributed by atoms with van der Waals surface area (Å²) in [7, 11) is 4.72. The first-order valence-electron chi connectivity index (χ1n) is 15.0. The second-order valence-electron chi connectivity index (χ2n) is 10.6. The van der Waals surface area contributed by atoms with E-state index < -0.39 is 12.0 Å². The number of carbonyl (C=O) groups is 1. The van der Waals surface area contributed by atoms with E-state index in [1.165, 1.54) is 11.3 Å². The molecule has 1 aromatic heterocycles. The number of nitrogens with zero attached hydrogens (tertiary/aromatic N) is 3. The van der Waals surface area contributed by atoms with Gasteiger partial charge in [-0.05, 0) is 37.3 Å². The zero-order valence-corrected chi connectivity index (χ0v) is 27.0. The van der Waals surface area contributed by atoms with Crippen LogP contribution in [-0.4, -0.2) is 64.8 Å². The molecule has 238 valence electrons. The predicted octanol–water partition coefficient (Wildman–Crippen LogP) is 3.80. The van der Waals surface area contributed by atoms with Crippen LogP contribution in [0.1, 0.15) is 29.7 Å². The van der Waals surface area contributed by atoms with Crippen LogP contribution in [0.15, 0.2) is 82.1 Å². The van der Waals surface area contributed by atoms with Crippen LogP contribution < -0.4 is 34.0 Å². The molecule has 0 radical (unpaired) electrons. The lowest BCUT2D eigenvalue weighted by Gasteiger charge is -2.29. The number of esters is 1. The van der Waals surface area contributed by atoms with Gasteiger partial charge in [-0.25, -0.2) is 9.79 Å². The lowest BCUT2D eigenvalue weighted by molar-refractivity contribution is -0.138. The Morgan fingerprint density at radius 1 is 0.978 bits per heavy atom. The number of hydrogen-bond donors (Lipinski definition) is 0. The van der Waals surface area contributed by atoms with Crippen molar-refractivity contribution in [2.45, 2.75) is 13.0 Å². The Kier molecular flexibility index (Phi) is 9.23. The Morgan fingerprint density at radius 2 is 1.74 bits per heavy atom. The molecule has 3 aromatic carbocycles. The standard InChI is InChI=1S/C35H35N3O7S/c1-5-45-34(40)30-31(22-9-7-6-8-10-22)36-35-38(32(30)26-14-13-25(41-2)21-28(26)43-4)33(39)29(46-35)19-23-11-12-24(20-27(23)42-3)37-15-17-44-18-16-37/h6-14,19-21,32H,5,15-18H2,1-4H3. The lowest BCUT2D eigenvalue weighted by Crippen LogP contribution is -2.40. The normalized spacial score (nSPS) is 16.5. The van der Waals surface area contributed by atoms with Crippen LogP contribution in [-0.2, 0) is 14.3 Å². The average Bonchev–Trinajstić information content (AvgIpc) is 3.42. The molecular formula is C35H35N3O7S. The number of rotatable bonds is 9. The maximum Gasteiger partial charge on any atom is 0.338 e. The number of carbonyl (C=O) groups excluding carboxylic acids is 1. The molecule has 4 aromatic rings. The van der Waals surface area contributed by atoms with Crippen LogP contribution in [0.3, 0.4) is 0 Å². The molecule has 2 aliphatic rings. The summed E-state index contributed by atoms with van der Waals surface area (Å²) in [5.41, 5.74) is 3.45. The Hall–Kier alpha value is -4.87. The number of anilines is 1. The van der Waals surface area contributed by atoms with E-state index in [-0.39, 0.29) is 17.7 Å². The van der Waals surface area contributed by atoms with Gasteiger partial charge in [-0.3, -0.25) is 9.36 Å². The van der Waals surface area contributed by atoms with Gasteiger partial charge in [0.25, 0.3) is 5.56 Å². The third kappa shape index (κ3) is 5.91. The highest BCUT2D eigenvalue weighted by molar-refractivity contribution is 7.07. The second kappa shape index (κ2) is 13.6. The van der Waals surface area contributed by atoms with Gasteiger partial charge in [0.2, 0.25) is 0 Å². The van der Waals surface area contributed by atoms with Crippen LogP contribution in [0.4, 0.5) is 5.69 Å². The zero-order chi connectivity index (χ0) is 32.2. The van der Waals surface area contributed by atoms with Crippen molar-refractivity contribution in [3.8, 4) is 17.2 Å². The third-order valence-electron chi connectivity index (χ3n) is 7.99. The summed E-state index contributed by atoms with van der Waals surface area (Å²) < 4.78 is 30.1. The minimum atomic E-state index is -0.890. The first-order valence-corrected chi connectivity index (χ1v) is 15.8. The first kappa shape index (κ1) is 31.1. The molecule has 3 heterocycles. The van der Waals surface area contributed by atoms with E-state index in [4.69, 9.17) is 28.7 Å². The maximum atomic E-state index is 14.4. The van der Waals surface area contributed by atoms with Gasteiger partial charge in [0.15, 0.2) is 4.80 Å². The molecule has 0 amide bonds. The van der Waals surface area contributed by atoms with Gasteiger partial charge in [-0.15, -0.1) is 0 Å². The molecule has 1 saturated heterocycles. The number of methoxy groups -OCH3 is 3. The summed E-state index contributed by atoms with van der Waals surface area (Å²) in [6.45, 7) is 4.83. The van der Waals surface area contributed by atoms with E-state index in [0.717, 1.165) is 29.9 Å². The van der Waals surface area contributed by atoms with Crippen LogP contribution >= 0.6 is 11.3 Å². The molecule has 46 heavy (non-hydrogen) atoms. The van der Waals surface area contributed by atoms with Gasteiger partial charge < -0.3 is 28.6 Å². The van der Waals surface area contributed by atoms with Crippen LogP contribution in [0, 0.1) is 0 Å². The van der Waals surface area contributed by atoms with Gasteiger partial charge in [0.05, 0.1) is 57.0 Å². The summed E-state index contributed by atoms with van der Waals surface area (Å²) in [6.07, 6.45) is 1.81. The summed E-state index contributed by atoms with van der Waals surface area (Å²) in [5.74, 6) is 1.10. The van der Waals surface area contributed by atoms with Crippen molar-refractivity contribution in [1.82, 2.24) is 4.57 Å². The Morgan fingerprint density at radius 3 is 2.43 bits per heavy atom. The molecular weight excluding hydrogens is 606 g/mol. The SMILES string of the molecule is CCOC(=O)C1=C(c2ccccc2)N=c2sc(=Cc3ccc(N4CCOCC4)cc3OC)c(=O)n2C1c1ccc(OC)cc1OC. The minimum absolute atomic E-state index is 0.154. The summed E-state index contributed by atoms with van der Waals surface area (Å²) >= 11 is 1.25. The first-order chi connectivity index (χ1) is 22.5. The number of fused-ring (bicyclic) bond motifs is 1. The van der Waals surface area contributed by atoms with Gasteiger partial charge in [0.1, 0.15) is 23.3 Å². The smallest absolute Gasteiger partial charge is 0.338 e. The largest absolute Gasteiger partial charge is 0.497 e. The maximum absolute atomic E-state index is 14.4. The van der Waals surface area contributed by atoms with Crippen LogP contribution in [0.5, 0.6) is 17.2 Å². The van der Waals surface area contributed by atoms with E-state index in [1.54, 1.807) is 51.0 Å². The quantitative estimate of drug-likeness (QED) is 0.255. The van der Waals surface area contributed by atoms with Crippen molar-refractivity contribution in [1.29, 1.82) is 0 Å². The second-order valence-corrected chi connectivity index (χ2v) is 11.6. The number of ether oxygens (including phenoxy) is 5. The minimum Gasteiger partial charge on any atom is -0.497 e. The Bertz CT molecular complexity index is 1960. The van der Waals surface area contributed by atoms with Crippen LogP contribution in [0.25, 0.3) is 11.8 Å². The molecule has 0 spiro atoms. The summed E-state index contributed by atoms with van der Waals surface area (Å²) in [6, 6.07) is 19.8. The highest BCUT2D eigenvalue weighted by Gasteiger charge is 2.37. The molecule has 2 aliphatic heterocycles. The van der Waals surface area contributed by atoms with Gasteiger partial charge in [-0.1, -0.05) is 41.7 Å². The molecule has 11 heteroatoms. The zero-order valence-electron chi connectivity index (χ0n) is 26.1. The van der Waals surface area contributed by atoms with Gasteiger partial charge >= 0.3 is 5.97 Å². The highest BCUT2D eigenvalue weighted by atomic mass is 32.1. The van der Waals surface area contributed by atoms with Gasteiger partial charge in [0, 0.05) is 47.6 Å². The van der Waals surface area contributed by atoms with E-state index in [1.807, 2.05) is 54.6 Å². The number of thiazole rings is 1. The van der Waals surface area contributed by atoms with Crippen molar-refractivity contribution < 1.29 is 28.5 Å². The fourth-order valence-electron chi connectivity index (χ4n) is 5.76. The number of morpholine rings is 1. The molecule has 1 unspecified atom stereocenters. The molecule has 0 saturated carbocycles. The number of hydrogen-bond acceptors (Lipinski definition) is 10. The van der Waals surface area contributed by atoms with Crippen molar-refractivity contribution >= 4 is 34.8 Å². The molecule has 6 rings (SSSR count). The Balaban J connectivity index is 1.58. The molecule has 1 atom stereocenters. The van der Waals surface area contributed by atoms with E-state index >= 15 is 0 Å². The van der Waals surface area contributed by atoms with E-state index in [2.05, 4.69) is 4.90 Å². The van der Waals surface area contributed by atoms with Crippen molar-refractivity contribution in [3.05, 3.63) is 109 Å². The van der Waals surface area contributed by atoms with Crippen LogP contribution in [0.2, 0.25) is 0 Å². The average molecular weight is 642 g/mol.